The molecule has 5 nitrogen and oxygen atoms in total. The molecule has 1 atom stereocenters. The minimum absolute atomic E-state index is 0.200. The molecule has 96 valence electrons. The molecule has 0 amide bonds. The number of hydrogen-bond acceptors (Lipinski definition) is 4. The van der Waals surface area contributed by atoms with Crippen LogP contribution in [0.5, 0.6) is 0 Å². The first kappa shape index (κ1) is 12.5. The summed E-state index contributed by atoms with van der Waals surface area (Å²) in [6.07, 6.45) is 9.57. The first-order valence-corrected chi connectivity index (χ1v) is 6.57. The number of aliphatic hydroxyl groups excluding tert-OH is 1. The van der Waals surface area contributed by atoms with E-state index in [4.69, 9.17) is 0 Å². The van der Waals surface area contributed by atoms with Gasteiger partial charge in [-0.15, -0.1) is 5.10 Å². The van der Waals surface area contributed by atoms with Crippen LogP contribution in [-0.2, 0) is 6.54 Å². The van der Waals surface area contributed by atoms with Crippen LogP contribution in [0.2, 0.25) is 0 Å². The molecule has 0 aromatic carbocycles. The molecule has 1 aromatic rings. The molecule has 2 N–H and O–H groups in total. The van der Waals surface area contributed by atoms with Crippen LogP contribution in [0.15, 0.2) is 12.4 Å². The molecule has 0 bridgehead atoms. The van der Waals surface area contributed by atoms with Gasteiger partial charge in [-0.25, -0.2) is 0 Å². The van der Waals surface area contributed by atoms with Crippen molar-refractivity contribution in [1.29, 1.82) is 0 Å². The molecule has 17 heavy (non-hydrogen) atoms. The van der Waals surface area contributed by atoms with E-state index in [9.17, 15) is 5.11 Å². The van der Waals surface area contributed by atoms with Crippen molar-refractivity contribution < 1.29 is 5.11 Å². The number of nitrogens with zero attached hydrogens (tertiary/aromatic N) is 3. The van der Waals surface area contributed by atoms with Crippen molar-refractivity contribution in [2.45, 2.75) is 44.8 Å². The Morgan fingerprint density at radius 3 is 2.94 bits per heavy atom. The number of nitrogens with one attached hydrogen (secondary N) is 1. The zero-order valence-electron chi connectivity index (χ0n) is 10.3. The predicted molar refractivity (Wildman–Crippen MR) is 65.5 cm³/mol. The minimum Gasteiger partial charge on any atom is -0.392 e. The number of aliphatic hydroxyl groups is 1. The third kappa shape index (κ3) is 4.44. The molecule has 1 unspecified atom stereocenters. The topological polar surface area (TPSA) is 63.0 Å². The van der Waals surface area contributed by atoms with E-state index in [1.807, 2.05) is 6.20 Å². The molecule has 0 spiro atoms. The number of aromatic nitrogens is 3. The van der Waals surface area contributed by atoms with E-state index in [0.29, 0.717) is 6.54 Å². The molecule has 1 aromatic heterocycles. The standard InChI is InChI=1S/C12H22N4O/c17-12(9-11-3-1-2-4-11)10-13-5-7-16-8-6-14-15-16/h6,8,11-13,17H,1-5,7,9-10H2. The van der Waals surface area contributed by atoms with Crippen molar-refractivity contribution in [3.8, 4) is 0 Å². The molecule has 0 radical (unpaired) electrons. The lowest BCUT2D eigenvalue weighted by Crippen LogP contribution is -2.30. The average Bonchev–Trinajstić information content (AvgIpc) is 2.96. The third-order valence-corrected chi connectivity index (χ3v) is 3.45. The fourth-order valence-corrected chi connectivity index (χ4v) is 2.53. The summed E-state index contributed by atoms with van der Waals surface area (Å²) in [6, 6.07) is 0. The maximum atomic E-state index is 9.87. The highest BCUT2D eigenvalue weighted by Gasteiger charge is 2.18. The van der Waals surface area contributed by atoms with E-state index in [-0.39, 0.29) is 6.10 Å². The Hall–Kier alpha value is -0.940. The molecule has 0 aliphatic heterocycles. The Balaban J connectivity index is 1.52. The zero-order valence-corrected chi connectivity index (χ0v) is 10.3. The molecule has 1 aliphatic carbocycles. The largest absolute Gasteiger partial charge is 0.392 e. The molecule has 1 heterocycles. The monoisotopic (exact) mass is 238 g/mol. The molecule has 5 heteroatoms. The smallest absolute Gasteiger partial charge is 0.0692 e. The molecular formula is C12H22N4O. The second-order valence-corrected chi connectivity index (χ2v) is 4.91. The molecule has 1 saturated carbocycles. The van der Waals surface area contributed by atoms with Gasteiger partial charge < -0.3 is 10.4 Å². The van der Waals surface area contributed by atoms with Crippen LogP contribution in [0.4, 0.5) is 0 Å². The van der Waals surface area contributed by atoms with Crippen molar-refractivity contribution in [3.05, 3.63) is 12.4 Å². The SMILES string of the molecule is OC(CNCCn1ccnn1)CC1CCCC1. The highest BCUT2D eigenvalue weighted by atomic mass is 16.3. The van der Waals surface area contributed by atoms with Crippen molar-refractivity contribution in [1.82, 2.24) is 20.3 Å². The molecule has 1 aliphatic rings. The minimum atomic E-state index is -0.200. The third-order valence-electron chi connectivity index (χ3n) is 3.45. The van der Waals surface area contributed by atoms with Crippen molar-refractivity contribution in [2.75, 3.05) is 13.1 Å². The second-order valence-electron chi connectivity index (χ2n) is 4.91. The first-order valence-electron chi connectivity index (χ1n) is 6.57. The number of rotatable bonds is 7. The van der Waals surface area contributed by atoms with Crippen LogP contribution >= 0.6 is 0 Å². The van der Waals surface area contributed by atoms with E-state index in [2.05, 4.69) is 15.6 Å². The van der Waals surface area contributed by atoms with Gasteiger partial charge in [0.2, 0.25) is 0 Å². The Morgan fingerprint density at radius 2 is 2.24 bits per heavy atom. The van der Waals surface area contributed by atoms with E-state index < -0.39 is 0 Å². The van der Waals surface area contributed by atoms with Crippen LogP contribution < -0.4 is 5.32 Å². The Bertz CT molecular complexity index is 295. The lowest BCUT2D eigenvalue weighted by Gasteiger charge is -2.15. The summed E-state index contributed by atoms with van der Waals surface area (Å²) in [7, 11) is 0. The summed E-state index contributed by atoms with van der Waals surface area (Å²) in [5, 5.41) is 20.7. The van der Waals surface area contributed by atoms with Gasteiger partial charge in [-0.1, -0.05) is 30.9 Å². The Morgan fingerprint density at radius 1 is 1.41 bits per heavy atom. The maximum Gasteiger partial charge on any atom is 0.0692 e. The molecule has 0 saturated heterocycles. The van der Waals surface area contributed by atoms with Gasteiger partial charge in [-0.05, 0) is 12.3 Å². The highest BCUT2D eigenvalue weighted by molar-refractivity contribution is 4.72. The summed E-state index contributed by atoms with van der Waals surface area (Å²) in [5.41, 5.74) is 0. The Kier molecular flexibility index (Phi) is 4.94. The lowest BCUT2D eigenvalue weighted by molar-refractivity contribution is 0.140. The predicted octanol–water partition coefficient (Wildman–Crippen LogP) is 0.809. The zero-order chi connectivity index (χ0) is 11.9. The van der Waals surface area contributed by atoms with Crippen molar-refractivity contribution >= 4 is 0 Å². The summed E-state index contributed by atoms with van der Waals surface area (Å²) in [5.74, 6) is 0.752. The fraction of sp³-hybridized carbons (Fsp3) is 0.833. The van der Waals surface area contributed by atoms with Gasteiger partial charge >= 0.3 is 0 Å². The van der Waals surface area contributed by atoms with E-state index in [1.54, 1.807) is 10.9 Å². The van der Waals surface area contributed by atoms with Crippen LogP contribution in [0, 0.1) is 5.92 Å². The summed E-state index contributed by atoms with van der Waals surface area (Å²) in [6.45, 7) is 2.31. The first-order chi connectivity index (χ1) is 8.34. The number of hydrogen-bond donors (Lipinski definition) is 2. The van der Waals surface area contributed by atoms with Crippen LogP contribution in [0.3, 0.4) is 0 Å². The van der Waals surface area contributed by atoms with E-state index in [0.717, 1.165) is 25.4 Å². The molecule has 1 fully saturated rings. The molecular weight excluding hydrogens is 216 g/mol. The normalized spacial score (nSPS) is 18.6. The van der Waals surface area contributed by atoms with Gasteiger partial charge in [0.05, 0.1) is 18.8 Å². The van der Waals surface area contributed by atoms with Gasteiger partial charge in [0.25, 0.3) is 0 Å². The van der Waals surface area contributed by atoms with Gasteiger partial charge in [-0.2, -0.15) is 0 Å². The maximum absolute atomic E-state index is 9.87. The van der Waals surface area contributed by atoms with E-state index in [1.165, 1.54) is 25.7 Å². The van der Waals surface area contributed by atoms with E-state index >= 15 is 0 Å². The van der Waals surface area contributed by atoms with Crippen LogP contribution in [0.25, 0.3) is 0 Å². The fourth-order valence-electron chi connectivity index (χ4n) is 2.53. The quantitative estimate of drug-likeness (QED) is 0.690. The average molecular weight is 238 g/mol. The van der Waals surface area contributed by atoms with Crippen LogP contribution in [0.1, 0.15) is 32.1 Å². The summed E-state index contributed by atoms with van der Waals surface area (Å²) < 4.78 is 1.79. The molecule has 2 rings (SSSR count). The van der Waals surface area contributed by atoms with Gasteiger partial charge in [0.15, 0.2) is 0 Å². The van der Waals surface area contributed by atoms with Gasteiger partial charge in [0, 0.05) is 19.3 Å². The Labute approximate surface area is 102 Å². The van der Waals surface area contributed by atoms with Crippen molar-refractivity contribution in [3.63, 3.8) is 0 Å². The van der Waals surface area contributed by atoms with Gasteiger partial charge in [-0.3, -0.25) is 4.68 Å². The lowest BCUT2D eigenvalue weighted by atomic mass is 10.0. The van der Waals surface area contributed by atoms with Gasteiger partial charge in [0.1, 0.15) is 0 Å². The van der Waals surface area contributed by atoms with Crippen LogP contribution in [-0.4, -0.2) is 39.3 Å². The summed E-state index contributed by atoms with van der Waals surface area (Å²) in [4.78, 5) is 0. The summed E-state index contributed by atoms with van der Waals surface area (Å²) >= 11 is 0. The second kappa shape index (κ2) is 6.71. The highest BCUT2D eigenvalue weighted by Crippen LogP contribution is 2.28. The van der Waals surface area contributed by atoms with Crippen molar-refractivity contribution in [2.24, 2.45) is 5.92 Å².